The van der Waals surface area contributed by atoms with Gasteiger partial charge in [-0.25, -0.2) is 4.98 Å². The highest BCUT2D eigenvalue weighted by molar-refractivity contribution is 6.29. The molecule has 25 heavy (non-hydrogen) atoms. The average molecular weight is 358 g/mol. The van der Waals surface area contributed by atoms with Gasteiger partial charge in [0.05, 0.1) is 0 Å². The Bertz CT molecular complexity index is 699. The highest BCUT2D eigenvalue weighted by Crippen LogP contribution is 2.25. The van der Waals surface area contributed by atoms with Crippen LogP contribution in [0.5, 0.6) is 0 Å². The minimum Gasteiger partial charge on any atom is -0.299 e. The molecule has 0 atom stereocenters. The van der Waals surface area contributed by atoms with Gasteiger partial charge in [-0.3, -0.25) is 14.6 Å². The number of hydrogen-bond donors (Lipinski definition) is 0. The van der Waals surface area contributed by atoms with Gasteiger partial charge in [0.1, 0.15) is 11.0 Å². The molecule has 3 rings (SSSR count). The number of amides is 1. The molecule has 5 heteroatoms. The third kappa shape index (κ3) is 4.59. The Balaban J connectivity index is 1.67. The molecule has 0 N–H and O–H groups in total. The summed E-state index contributed by atoms with van der Waals surface area (Å²) in [6.45, 7) is 4.82. The van der Waals surface area contributed by atoms with Crippen molar-refractivity contribution in [1.29, 1.82) is 0 Å². The quantitative estimate of drug-likeness (QED) is 0.754. The predicted molar refractivity (Wildman–Crippen MR) is 102 cm³/mol. The molecule has 1 aromatic heterocycles. The number of piperidine rings is 1. The minimum atomic E-state index is 0.108. The van der Waals surface area contributed by atoms with Crippen molar-refractivity contribution in [3.05, 3.63) is 59.2 Å². The van der Waals surface area contributed by atoms with Gasteiger partial charge >= 0.3 is 0 Å². The summed E-state index contributed by atoms with van der Waals surface area (Å²) in [5, 5.41) is 0.424. The Labute approximate surface area is 154 Å². The molecule has 1 aromatic carbocycles. The van der Waals surface area contributed by atoms with Crippen LogP contribution in [0, 0.1) is 0 Å². The molecule has 1 aliphatic heterocycles. The van der Waals surface area contributed by atoms with Crippen molar-refractivity contribution in [1.82, 2.24) is 9.88 Å². The molecule has 132 valence electrons. The Morgan fingerprint density at radius 1 is 1.16 bits per heavy atom. The van der Waals surface area contributed by atoms with Crippen LogP contribution in [0.4, 0.5) is 5.82 Å². The zero-order valence-electron chi connectivity index (χ0n) is 14.6. The summed E-state index contributed by atoms with van der Waals surface area (Å²) >= 11 is 6.03. The van der Waals surface area contributed by atoms with Crippen molar-refractivity contribution in [2.24, 2.45) is 0 Å². The van der Waals surface area contributed by atoms with Gasteiger partial charge < -0.3 is 0 Å². The van der Waals surface area contributed by atoms with Gasteiger partial charge in [-0.2, -0.15) is 0 Å². The number of hydrogen-bond acceptors (Lipinski definition) is 3. The van der Waals surface area contributed by atoms with Gasteiger partial charge in [-0.15, -0.1) is 0 Å². The molecule has 2 aromatic rings. The van der Waals surface area contributed by atoms with E-state index in [9.17, 15) is 4.79 Å². The van der Waals surface area contributed by atoms with E-state index in [2.05, 4.69) is 34.1 Å². The summed E-state index contributed by atoms with van der Waals surface area (Å²) in [6, 6.07) is 16.2. The van der Waals surface area contributed by atoms with Gasteiger partial charge in [0.2, 0.25) is 5.91 Å². The predicted octanol–water partition coefficient (Wildman–Crippen LogP) is 4.14. The molecular formula is C20H24ClN3O. The highest BCUT2D eigenvalue weighted by atomic mass is 35.5. The summed E-state index contributed by atoms with van der Waals surface area (Å²) in [5.74, 6) is 0.775. The highest BCUT2D eigenvalue weighted by Gasteiger charge is 2.29. The monoisotopic (exact) mass is 357 g/mol. The number of anilines is 1. The largest absolute Gasteiger partial charge is 0.299 e. The Hall–Kier alpha value is -1.91. The van der Waals surface area contributed by atoms with Crippen molar-refractivity contribution in [2.45, 2.75) is 38.8 Å². The molecule has 0 saturated carbocycles. The van der Waals surface area contributed by atoms with E-state index in [1.165, 1.54) is 5.56 Å². The van der Waals surface area contributed by atoms with Gasteiger partial charge in [0, 0.05) is 32.1 Å². The molecule has 0 unspecified atom stereocenters. The van der Waals surface area contributed by atoms with Crippen molar-refractivity contribution < 1.29 is 4.79 Å². The van der Waals surface area contributed by atoms with Crippen LogP contribution in [-0.2, 0) is 11.3 Å². The van der Waals surface area contributed by atoms with Gasteiger partial charge in [-0.1, -0.05) is 54.9 Å². The SMILES string of the molecule is CCC(=O)N(c1cccc(Cl)n1)C1CCN(Cc2ccccc2)CC1. The summed E-state index contributed by atoms with van der Waals surface area (Å²) in [4.78, 5) is 21.2. The first kappa shape index (κ1) is 17.9. The topological polar surface area (TPSA) is 36.4 Å². The molecule has 0 radical (unpaired) electrons. The van der Waals surface area contributed by atoms with E-state index in [4.69, 9.17) is 11.6 Å². The second kappa shape index (κ2) is 8.45. The Morgan fingerprint density at radius 3 is 2.52 bits per heavy atom. The van der Waals surface area contributed by atoms with Crippen molar-refractivity contribution >= 4 is 23.3 Å². The molecule has 4 nitrogen and oxygen atoms in total. The number of halogens is 1. The van der Waals surface area contributed by atoms with E-state index in [1.807, 2.05) is 30.0 Å². The molecule has 0 spiro atoms. The fraction of sp³-hybridized carbons (Fsp3) is 0.400. The molecule has 1 saturated heterocycles. The molecule has 0 bridgehead atoms. The lowest BCUT2D eigenvalue weighted by Gasteiger charge is -2.38. The fourth-order valence-electron chi connectivity index (χ4n) is 3.40. The van der Waals surface area contributed by atoms with Crippen LogP contribution in [0.2, 0.25) is 5.15 Å². The normalized spacial score (nSPS) is 15.9. The van der Waals surface area contributed by atoms with Crippen LogP contribution in [0.15, 0.2) is 48.5 Å². The first-order valence-electron chi connectivity index (χ1n) is 8.88. The number of aromatic nitrogens is 1. The van der Waals surface area contributed by atoms with Crippen LogP contribution in [-0.4, -0.2) is 34.9 Å². The lowest BCUT2D eigenvalue weighted by Crippen LogP contribution is -2.47. The number of carbonyl (C=O) groups is 1. The maximum Gasteiger partial charge on any atom is 0.228 e. The van der Waals surface area contributed by atoms with E-state index < -0.39 is 0 Å². The van der Waals surface area contributed by atoms with Gasteiger partial charge in [0.25, 0.3) is 0 Å². The lowest BCUT2D eigenvalue weighted by atomic mass is 10.0. The molecule has 1 fully saturated rings. The number of carbonyl (C=O) groups excluding carboxylic acids is 1. The molecular weight excluding hydrogens is 334 g/mol. The van der Waals surface area contributed by atoms with E-state index in [0.717, 1.165) is 32.5 Å². The van der Waals surface area contributed by atoms with Crippen LogP contribution < -0.4 is 4.90 Å². The first-order chi connectivity index (χ1) is 12.2. The zero-order chi connectivity index (χ0) is 17.6. The van der Waals surface area contributed by atoms with E-state index >= 15 is 0 Å². The molecule has 1 amide bonds. The summed E-state index contributed by atoms with van der Waals surface area (Å²) in [6.07, 6.45) is 2.37. The third-order valence-corrected chi connectivity index (χ3v) is 4.90. The lowest BCUT2D eigenvalue weighted by molar-refractivity contribution is -0.119. The van der Waals surface area contributed by atoms with E-state index in [1.54, 1.807) is 6.07 Å². The summed E-state index contributed by atoms with van der Waals surface area (Å²) in [5.41, 5.74) is 1.33. The third-order valence-electron chi connectivity index (χ3n) is 4.69. The van der Waals surface area contributed by atoms with Gasteiger partial charge in [-0.05, 0) is 30.5 Å². The van der Waals surface area contributed by atoms with Crippen molar-refractivity contribution in [3.8, 4) is 0 Å². The summed E-state index contributed by atoms with van der Waals surface area (Å²) in [7, 11) is 0. The molecule has 2 heterocycles. The fourth-order valence-corrected chi connectivity index (χ4v) is 3.56. The second-order valence-electron chi connectivity index (χ2n) is 6.43. The standard InChI is InChI=1S/C20H24ClN3O/c1-2-20(25)24(19-10-6-9-18(21)22-19)17-11-13-23(14-12-17)15-16-7-4-3-5-8-16/h3-10,17H,2,11-15H2,1H3. The Morgan fingerprint density at radius 2 is 1.88 bits per heavy atom. The maximum atomic E-state index is 12.5. The molecule has 1 aliphatic rings. The second-order valence-corrected chi connectivity index (χ2v) is 6.82. The van der Waals surface area contributed by atoms with E-state index in [0.29, 0.717) is 17.4 Å². The summed E-state index contributed by atoms with van der Waals surface area (Å²) < 4.78 is 0. The smallest absolute Gasteiger partial charge is 0.228 e. The number of rotatable bonds is 5. The maximum absolute atomic E-state index is 12.5. The average Bonchev–Trinajstić information content (AvgIpc) is 2.64. The first-order valence-corrected chi connectivity index (χ1v) is 9.26. The number of likely N-dealkylation sites (tertiary alicyclic amines) is 1. The number of nitrogens with zero attached hydrogens (tertiary/aromatic N) is 3. The van der Waals surface area contributed by atoms with Crippen LogP contribution >= 0.6 is 11.6 Å². The molecule has 0 aliphatic carbocycles. The minimum absolute atomic E-state index is 0.108. The van der Waals surface area contributed by atoms with Crippen LogP contribution in [0.25, 0.3) is 0 Å². The number of benzene rings is 1. The Kier molecular flexibility index (Phi) is 6.05. The van der Waals surface area contributed by atoms with Crippen molar-refractivity contribution in [3.63, 3.8) is 0 Å². The zero-order valence-corrected chi connectivity index (χ0v) is 15.3. The van der Waals surface area contributed by atoms with Crippen LogP contribution in [0.1, 0.15) is 31.7 Å². The van der Waals surface area contributed by atoms with Crippen LogP contribution in [0.3, 0.4) is 0 Å². The van der Waals surface area contributed by atoms with Gasteiger partial charge in [0.15, 0.2) is 0 Å². The van der Waals surface area contributed by atoms with Crippen molar-refractivity contribution in [2.75, 3.05) is 18.0 Å². The number of pyridine rings is 1. The van der Waals surface area contributed by atoms with E-state index in [-0.39, 0.29) is 11.9 Å².